The van der Waals surface area contributed by atoms with Gasteiger partial charge in [0.25, 0.3) is 0 Å². The molecule has 0 saturated carbocycles. The minimum Gasteiger partial charge on any atom is -0.467 e. The molecule has 12 heteroatoms. The standard InChI is InChI=1S/C27H25ClN4O6S/c1-19-4-6-20(7-5-19)17-32(39(35,36)25-12-8-21(28)9-13-25)18-24-11-10-23(38-24)16-30-31-27(34)26(33)29-15-22-3-2-14-37-22/h2-14,16H,15,17-18H2,1H3,(H,29,33)(H,31,34)/b30-16+. The Hall–Kier alpha value is -4.19. The lowest BCUT2D eigenvalue weighted by atomic mass is 10.1. The molecular weight excluding hydrogens is 544 g/mol. The Morgan fingerprint density at radius 2 is 1.69 bits per heavy atom. The van der Waals surface area contributed by atoms with Crippen LogP contribution in [0.4, 0.5) is 0 Å². The Labute approximate surface area is 230 Å². The number of halogens is 1. The summed E-state index contributed by atoms with van der Waals surface area (Å²) < 4.78 is 39.1. The molecule has 0 aliphatic rings. The zero-order valence-electron chi connectivity index (χ0n) is 20.8. The highest BCUT2D eigenvalue weighted by Gasteiger charge is 2.26. The summed E-state index contributed by atoms with van der Waals surface area (Å²) in [6.07, 6.45) is 2.66. The summed E-state index contributed by atoms with van der Waals surface area (Å²) in [5, 5.41) is 6.56. The predicted molar refractivity (Wildman–Crippen MR) is 144 cm³/mol. The lowest BCUT2D eigenvalue weighted by Gasteiger charge is -2.21. The van der Waals surface area contributed by atoms with Crippen molar-refractivity contribution >= 4 is 39.7 Å². The van der Waals surface area contributed by atoms with Crippen LogP contribution in [0.5, 0.6) is 0 Å². The third kappa shape index (κ3) is 7.66. The van der Waals surface area contributed by atoms with Crippen LogP contribution < -0.4 is 10.7 Å². The van der Waals surface area contributed by atoms with E-state index in [9.17, 15) is 18.0 Å². The van der Waals surface area contributed by atoms with Crippen molar-refractivity contribution in [3.63, 3.8) is 0 Å². The van der Waals surface area contributed by atoms with E-state index in [1.807, 2.05) is 31.2 Å². The van der Waals surface area contributed by atoms with Crippen LogP contribution in [0.3, 0.4) is 0 Å². The molecule has 0 fully saturated rings. The summed E-state index contributed by atoms with van der Waals surface area (Å²) in [7, 11) is -3.90. The normalized spacial score (nSPS) is 11.7. The van der Waals surface area contributed by atoms with Crippen LogP contribution in [-0.2, 0) is 39.2 Å². The van der Waals surface area contributed by atoms with Gasteiger partial charge in [0.05, 0.1) is 30.5 Å². The largest absolute Gasteiger partial charge is 0.467 e. The van der Waals surface area contributed by atoms with Crippen LogP contribution in [-0.4, -0.2) is 30.8 Å². The minimum absolute atomic E-state index is 0.0581. The van der Waals surface area contributed by atoms with Crippen LogP contribution >= 0.6 is 11.6 Å². The lowest BCUT2D eigenvalue weighted by molar-refractivity contribution is -0.139. The molecular formula is C27H25ClN4O6S. The molecule has 0 radical (unpaired) electrons. The molecule has 2 amide bonds. The molecule has 2 aromatic heterocycles. The maximum Gasteiger partial charge on any atom is 0.329 e. The fourth-order valence-electron chi connectivity index (χ4n) is 3.47. The number of hydrazone groups is 1. The number of rotatable bonds is 10. The van der Waals surface area contributed by atoms with E-state index < -0.39 is 21.8 Å². The van der Waals surface area contributed by atoms with E-state index in [-0.39, 0.29) is 30.3 Å². The number of hydrogen-bond acceptors (Lipinski definition) is 7. The summed E-state index contributed by atoms with van der Waals surface area (Å²) in [5.74, 6) is -0.757. The average molecular weight is 569 g/mol. The molecule has 10 nitrogen and oxygen atoms in total. The second kappa shape index (κ2) is 12.6. The number of carbonyl (C=O) groups excluding carboxylic acids is 2. The molecule has 0 bridgehead atoms. The molecule has 0 spiro atoms. The first-order valence-electron chi connectivity index (χ1n) is 11.7. The van der Waals surface area contributed by atoms with Crippen LogP contribution in [0.1, 0.15) is 28.4 Å². The smallest absolute Gasteiger partial charge is 0.329 e. The third-order valence-electron chi connectivity index (χ3n) is 5.51. The number of carbonyl (C=O) groups is 2. The summed E-state index contributed by atoms with van der Waals surface area (Å²) in [5.41, 5.74) is 3.97. The number of furan rings is 2. The lowest BCUT2D eigenvalue weighted by Crippen LogP contribution is -2.37. The molecule has 0 unspecified atom stereocenters. The van der Waals surface area contributed by atoms with Crippen molar-refractivity contribution in [2.24, 2.45) is 5.10 Å². The van der Waals surface area contributed by atoms with Crippen molar-refractivity contribution in [3.8, 4) is 0 Å². The third-order valence-corrected chi connectivity index (χ3v) is 7.57. The fraction of sp³-hybridized carbons (Fsp3) is 0.148. The van der Waals surface area contributed by atoms with E-state index in [0.717, 1.165) is 11.1 Å². The molecule has 4 rings (SSSR count). The number of sulfonamides is 1. The van der Waals surface area contributed by atoms with Gasteiger partial charge >= 0.3 is 11.8 Å². The van der Waals surface area contributed by atoms with Gasteiger partial charge in [-0.15, -0.1) is 0 Å². The SMILES string of the molecule is Cc1ccc(CN(Cc2ccc(/C=N/NC(=O)C(=O)NCc3ccco3)o2)S(=O)(=O)c2ccc(Cl)cc2)cc1. The number of nitrogens with zero attached hydrogens (tertiary/aromatic N) is 2. The Kier molecular flexibility index (Phi) is 8.97. The number of nitrogens with one attached hydrogen (secondary N) is 2. The molecule has 4 aromatic rings. The van der Waals surface area contributed by atoms with Crippen LogP contribution in [0.25, 0.3) is 0 Å². The number of aryl methyl sites for hydroxylation is 1. The molecule has 0 aliphatic carbocycles. The Morgan fingerprint density at radius 3 is 2.38 bits per heavy atom. The first kappa shape index (κ1) is 27.8. The number of benzene rings is 2. The zero-order valence-corrected chi connectivity index (χ0v) is 22.4. The molecule has 2 aromatic carbocycles. The van der Waals surface area contributed by atoms with Gasteiger partial charge in [-0.05, 0) is 61.0 Å². The van der Waals surface area contributed by atoms with Gasteiger partial charge in [-0.25, -0.2) is 13.8 Å². The monoisotopic (exact) mass is 568 g/mol. The average Bonchev–Trinajstić information content (AvgIpc) is 3.60. The number of hydrogen-bond donors (Lipinski definition) is 2. The second-order valence-electron chi connectivity index (χ2n) is 8.48. The first-order valence-corrected chi connectivity index (χ1v) is 13.6. The second-order valence-corrected chi connectivity index (χ2v) is 10.9. The molecule has 2 N–H and O–H groups in total. The zero-order chi connectivity index (χ0) is 27.8. The van der Waals surface area contributed by atoms with Gasteiger partial charge in [-0.2, -0.15) is 9.41 Å². The van der Waals surface area contributed by atoms with Crippen molar-refractivity contribution in [1.29, 1.82) is 0 Å². The van der Waals surface area contributed by atoms with Crippen molar-refractivity contribution in [2.75, 3.05) is 0 Å². The highest BCUT2D eigenvalue weighted by atomic mass is 35.5. The topological polar surface area (TPSA) is 134 Å². The van der Waals surface area contributed by atoms with Crippen LogP contribution in [0.2, 0.25) is 5.02 Å². The van der Waals surface area contributed by atoms with E-state index in [1.54, 1.807) is 24.3 Å². The fourth-order valence-corrected chi connectivity index (χ4v) is 4.99. The molecule has 202 valence electrons. The Morgan fingerprint density at radius 1 is 0.949 bits per heavy atom. The van der Waals surface area contributed by atoms with Gasteiger partial charge in [0.2, 0.25) is 10.0 Å². The maximum atomic E-state index is 13.5. The molecule has 2 heterocycles. The van der Waals surface area contributed by atoms with Crippen LogP contribution in [0, 0.1) is 6.92 Å². The maximum absolute atomic E-state index is 13.5. The Bertz CT molecular complexity index is 1550. The van der Waals surface area contributed by atoms with Crippen molar-refractivity contribution in [2.45, 2.75) is 31.5 Å². The minimum atomic E-state index is -3.90. The first-order chi connectivity index (χ1) is 18.7. The van der Waals surface area contributed by atoms with E-state index in [4.69, 9.17) is 20.4 Å². The molecule has 0 aliphatic heterocycles. The summed E-state index contributed by atoms with van der Waals surface area (Å²) in [4.78, 5) is 23.9. The summed E-state index contributed by atoms with van der Waals surface area (Å²) in [6.45, 7) is 2.06. The van der Waals surface area contributed by atoms with Gasteiger partial charge in [0.15, 0.2) is 0 Å². The van der Waals surface area contributed by atoms with Crippen molar-refractivity contribution in [1.82, 2.24) is 15.0 Å². The highest BCUT2D eigenvalue weighted by Crippen LogP contribution is 2.23. The van der Waals surface area contributed by atoms with Crippen LogP contribution in [0.15, 0.2) is 97.9 Å². The van der Waals surface area contributed by atoms with Gasteiger partial charge in [-0.1, -0.05) is 41.4 Å². The van der Waals surface area contributed by atoms with E-state index in [0.29, 0.717) is 16.5 Å². The molecule has 39 heavy (non-hydrogen) atoms. The number of amides is 2. The quantitative estimate of drug-likeness (QED) is 0.169. The Balaban J connectivity index is 1.42. The van der Waals surface area contributed by atoms with Gasteiger partial charge < -0.3 is 14.2 Å². The van der Waals surface area contributed by atoms with Crippen molar-refractivity contribution in [3.05, 3.63) is 112 Å². The van der Waals surface area contributed by atoms with Gasteiger partial charge in [0, 0.05) is 11.6 Å². The molecule has 0 saturated heterocycles. The summed E-state index contributed by atoms with van der Waals surface area (Å²) in [6, 6.07) is 20.0. The van der Waals surface area contributed by atoms with E-state index >= 15 is 0 Å². The summed E-state index contributed by atoms with van der Waals surface area (Å²) >= 11 is 5.95. The highest BCUT2D eigenvalue weighted by molar-refractivity contribution is 7.89. The molecule has 0 atom stereocenters. The van der Waals surface area contributed by atoms with E-state index in [2.05, 4.69) is 15.8 Å². The van der Waals surface area contributed by atoms with Gasteiger partial charge in [0.1, 0.15) is 17.3 Å². The van der Waals surface area contributed by atoms with Crippen molar-refractivity contribution < 1.29 is 26.8 Å². The van der Waals surface area contributed by atoms with E-state index in [1.165, 1.54) is 41.0 Å². The predicted octanol–water partition coefficient (Wildman–Crippen LogP) is 3.99. The van der Waals surface area contributed by atoms with Gasteiger partial charge in [-0.3, -0.25) is 9.59 Å².